The molecule has 3 N–H and O–H groups in total. The van der Waals surface area contributed by atoms with Gasteiger partial charge in [-0.1, -0.05) is 17.7 Å². The molecule has 108 valence electrons. The van der Waals surface area contributed by atoms with Gasteiger partial charge in [-0.15, -0.1) is 0 Å². The molecular formula is C15H14ClN3O2. The highest BCUT2D eigenvalue weighted by Crippen LogP contribution is 2.25. The smallest absolute Gasteiger partial charge is 0.300 e. The molecule has 6 heteroatoms. The lowest BCUT2D eigenvalue weighted by atomic mass is 10.2. The van der Waals surface area contributed by atoms with Crippen LogP contribution in [-0.2, 0) is 6.54 Å². The Morgan fingerprint density at radius 3 is 3.00 bits per heavy atom. The van der Waals surface area contributed by atoms with Crippen LogP contribution in [0, 0.1) is 6.92 Å². The summed E-state index contributed by atoms with van der Waals surface area (Å²) in [6, 6.07) is 9.45. The van der Waals surface area contributed by atoms with Crippen LogP contribution in [0.1, 0.15) is 21.9 Å². The van der Waals surface area contributed by atoms with Crippen LogP contribution < -0.4 is 11.3 Å². The number of nitrogens with two attached hydrogens (primary N) is 1. The molecule has 0 saturated carbocycles. The van der Waals surface area contributed by atoms with Crippen molar-refractivity contribution in [3.05, 3.63) is 58.6 Å². The van der Waals surface area contributed by atoms with Crippen molar-refractivity contribution >= 4 is 28.4 Å². The summed E-state index contributed by atoms with van der Waals surface area (Å²) in [6.45, 7) is 2.42. The highest BCUT2D eigenvalue weighted by atomic mass is 35.5. The van der Waals surface area contributed by atoms with E-state index >= 15 is 0 Å². The molecule has 5 nitrogen and oxygen atoms in total. The van der Waals surface area contributed by atoms with Crippen LogP contribution in [0.25, 0.3) is 10.9 Å². The zero-order chi connectivity index (χ0) is 15.0. The number of aromatic nitrogens is 1. The summed E-state index contributed by atoms with van der Waals surface area (Å²) >= 11 is 6.17. The first-order valence-electron chi connectivity index (χ1n) is 6.43. The van der Waals surface area contributed by atoms with Crippen molar-refractivity contribution in [2.45, 2.75) is 13.5 Å². The monoisotopic (exact) mass is 303 g/mol. The molecule has 0 spiro atoms. The molecule has 0 aliphatic rings. The van der Waals surface area contributed by atoms with E-state index in [1.165, 1.54) is 0 Å². The SMILES string of the molecule is Cc1oc(C(=O)NN)cc1Cn1ccc2c(Cl)cccc21. The quantitative estimate of drug-likeness (QED) is 0.444. The topological polar surface area (TPSA) is 73.2 Å². The number of halogens is 1. The molecular weight excluding hydrogens is 290 g/mol. The van der Waals surface area contributed by atoms with Crippen LogP contribution in [0.3, 0.4) is 0 Å². The standard InChI is InChI=1S/C15H14ClN3O2/c1-9-10(7-14(21-9)15(20)18-17)8-19-6-5-11-12(16)3-2-4-13(11)19/h2-7H,8,17H2,1H3,(H,18,20). The molecule has 3 rings (SSSR count). The van der Waals surface area contributed by atoms with Crippen molar-refractivity contribution in [3.8, 4) is 0 Å². The molecule has 0 radical (unpaired) electrons. The van der Waals surface area contributed by atoms with E-state index in [0.29, 0.717) is 12.3 Å². The number of nitrogen functional groups attached to an aromatic ring is 1. The van der Waals surface area contributed by atoms with Gasteiger partial charge in [-0.2, -0.15) is 0 Å². The van der Waals surface area contributed by atoms with Gasteiger partial charge < -0.3 is 8.98 Å². The van der Waals surface area contributed by atoms with Crippen LogP contribution >= 0.6 is 11.6 Å². The van der Waals surface area contributed by atoms with Gasteiger partial charge in [0, 0.05) is 27.7 Å². The van der Waals surface area contributed by atoms with E-state index in [1.54, 1.807) is 6.07 Å². The normalized spacial score (nSPS) is 11.0. The Labute approximate surface area is 126 Å². The van der Waals surface area contributed by atoms with Crippen molar-refractivity contribution in [2.75, 3.05) is 0 Å². The molecule has 2 aromatic heterocycles. The zero-order valence-corrected chi connectivity index (χ0v) is 12.1. The predicted molar refractivity (Wildman–Crippen MR) is 81.1 cm³/mol. The van der Waals surface area contributed by atoms with E-state index in [1.807, 2.05) is 37.4 Å². The van der Waals surface area contributed by atoms with E-state index in [9.17, 15) is 4.79 Å². The first-order valence-corrected chi connectivity index (χ1v) is 6.81. The molecule has 0 unspecified atom stereocenters. The van der Waals surface area contributed by atoms with Gasteiger partial charge in [-0.3, -0.25) is 10.2 Å². The minimum absolute atomic E-state index is 0.208. The van der Waals surface area contributed by atoms with Gasteiger partial charge in [0.25, 0.3) is 0 Å². The third kappa shape index (κ3) is 2.41. The number of hydrogen-bond donors (Lipinski definition) is 2. The van der Waals surface area contributed by atoms with Crippen LogP contribution in [0.15, 0.2) is 40.9 Å². The lowest BCUT2D eigenvalue weighted by Gasteiger charge is -2.04. The fraction of sp³-hybridized carbons (Fsp3) is 0.133. The molecule has 0 fully saturated rings. The Morgan fingerprint density at radius 1 is 1.43 bits per heavy atom. The first-order chi connectivity index (χ1) is 10.1. The van der Waals surface area contributed by atoms with Gasteiger partial charge in [0.05, 0.1) is 6.54 Å². The number of rotatable bonds is 3. The second kappa shape index (κ2) is 5.27. The highest BCUT2D eigenvalue weighted by molar-refractivity contribution is 6.35. The van der Waals surface area contributed by atoms with Crippen molar-refractivity contribution in [3.63, 3.8) is 0 Å². The van der Waals surface area contributed by atoms with Crippen LogP contribution in [0.4, 0.5) is 0 Å². The Kier molecular flexibility index (Phi) is 3.45. The summed E-state index contributed by atoms with van der Waals surface area (Å²) in [5.41, 5.74) is 4.02. The van der Waals surface area contributed by atoms with Gasteiger partial charge in [-0.05, 0) is 31.2 Å². The van der Waals surface area contributed by atoms with E-state index in [-0.39, 0.29) is 5.76 Å². The number of nitrogens with zero attached hydrogens (tertiary/aromatic N) is 1. The summed E-state index contributed by atoms with van der Waals surface area (Å²) in [7, 11) is 0. The molecule has 2 heterocycles. The average Bonchev–Trinajstić information content (AvgIpc) is 3.05. The number of amides is 1. The lowest BCUT2D eigenvalue weighted by molar-refractivity contribution is 0.0924. The lowest BCUT2D eigenvalue weighted by Crippen LogP contribution is -2.29. The Morgan fingerprint density at radius 2 is 2.24 bits per heavy atom. The number of benzene rings is 1. The number of hydrogen-bond acceptors (Lipinski definition) is 3. The minimum atomic E-state index is -0.440. The zero-order valence-electron chi connectivity index (χ0n) is 11.4. The molecule has 1 amide bonds. The number of carbonyl (C=O) groups excluding carboxylic acids is 1. The number of carbonyl (C=O) groups is 1. The van der Waals surface area contributed by atoms with Crippen LogP contribution in [0.2, 0.25) is 5.02 Å². The van der Waals surface area contributed by atoms with Crippen molar-refractivity contribution < 1.29 is 9.21 Å². The third-order valence-corrected chi connectivity index (χ3v) is 3.81. The van der Waals surface area contributed by atoms with E-state index in [4.69, 9.17) is 21.9 Å². The van der Waals surface area contributed by atoms with E-state index in [2.05, 4.69) is 9.99 Å². The first kappa shape index (κ1) is 13.7. The van der Waals surface area contributed by atoms with Gasteiger partial charge in [0.15, 0.2) is 5.76 Å². The van der Waals surface area contributed by atoms with Gasteiger partial charge in [0.1, 0.15) is 5.76 Å². The third-order valence-electron chi connectivity index (χ3n) is 3.48. The summed E-state index contributed by atoms with van der Waals surface area (Å²) < 4.78 is 7.48. The summed E-state index contributed by atoms with van der Waals surface area (Å²) in [6.07, 6.45) is 1.96. The second-order valence-electron chi connectivity index (χ2n) is 4.78. The summed E-state index contributed by atoms with van der Waals surface area (Å²) in [5, 5.41) is 1.72. The molecule has 0 atom stereocenters. The van der Waals surface area contributed by atoms with Crippen molar-refractivity contribution in [1.29, 1.82) is 0 Å². The van der Waals surface area contributed by atoms with E-state index in [0.717, 1.165) is 21.5 Å². The van der Waals surface area contributed by atoms with Gasteiger partial charge in [0.2, 0.25) is 0 Å². The Hall–Kier alpha value is -2.24. The maximum absolute atomic E-state index is 11.5. The maximum Gasteiger partial charge on any atom is 0.300 e. The second-order valence-corrected chi connectivity index (χ2v) is 5.19. The molecule has 0 saturated heterocycles. The predicted octanol–water partition coefficient (Wildman–Crippen LogP) is 2.85. The number of fused-ring (bicyclic) bond motifs is 1. The van der Waals surface area contributed by atoms with Crippen molar-refractivity contribution in [2.24, 2.45) is 5.84 Å². The Balaban J connectivity index is 1.97. The summed E-state index contributed by atoms with van der Waals surface area (Å²) in [4.78, 5) is 11.5. The van der Waals surface area contributed by atoms with Crippen molar-refractivity contribution in [1.82, 2.24) is 9.99 Å². The molecule has 21 heavy (non-hydrogen) atoms. The average molecular weight is 304 g/mol. The highest BCUT2D eigenvalue weighted by Gasteiger charge is 2.14. The van der Waals surface area contributed by atoms with Crippen LogP contribution in [0.5, 0.6) is 0 Å². The van der Waals surface area contributed by atoms with Gasteiger partial charge in [-0.25, -0.2) is 5.84 Å². The van der Waals surface area contributed by atoms with E-state index < -0.39 is 5.91 Å². The summed E-state index contributed by atoms with van der Waals surface area (Å²) in [5.74, 6) is 5.57. The molecule has 0 aliphatic carbocycles. The minimum Gasteiger partial charge on any atom is -0.456 e. The molecule has 0 aliphatic heterocycles. The molecule has 0 bridgehead atoms. The number of furan rings is 1. The Bertz CT molecular complexity index is 820. The van der Waals surface area contributed by atoms with Crippen LogP contribution in [-0.4, -0.2) is 10.5 Å². The number of nitrogens with one attached hydrogen (secondary N) is 1. The largest absolute Gasteiger partial charge is 0.456 e. The number of aryl methyl sites for hydroxylation is 1. The fourth-order valence-corrected chi connectivity index (χ4v) is 2.60. The maximum atomic E-state index is 11.5. The molecule has 1 aromatic carbocycles. The number of hydrazine groups is 1. The van der Waals surface area contributed by atoms with Gasteiger partial charge >= 0.3 is 5.91 Å². The molecule has 3 aromatic rings. The fourth-order valence-electron chi connectivity index (χ4n) is 2.37.